The van der Waals surface area contributed by atoms with Crippen LogP contribution in [0.1, 0.15) is 16.7 Å². The summed E-state index contributed by atoms with van der Waals surface area (Å²) in [6.07, 6.45) is -2.55. The Morgan fingerprint density at radius 2 is 1.06 bits per heavy atom. The van der Waals surface area contributed by atoms with E-state index in [0.29, 0.717) is 26.4 Å². The Bertz CT molecular complexity index is 887. The maximum Gasteiger partial charge on any atom is 0.184 e. The summed E-state index contributed by atoms with van der Waals surface area (Å²) in [7, 11) is 0. The first kappa shape index (κ1) is 21.7. The van der Waals surface area contributed by atoms with Crippen LogP contribution in [0.15, 0.2) is 91.0 Å². The lowest BCUT2D eigenvalue weighted by atomic mass is 10.1. The number of ether oxygens (including phenoxy) is 4. The molecule has 5 heteroatoms. The minimum atomic E-state index is -1.07. The molecule has 1 aliphatic heterocycles. The topological polar surface area (TPSA) is 57.2 Å². The first-order chi connectivity index (χ1) is 15.3. The molecule has 31 heavy (non-hydrogen) atoms. The first-order valence-electron chi connectivity index (χ1n) is 10.6. The lowest BCUT2D eigenvalue weighted by Gasteiger charge is -2.24. The summed E-state index contributed by atoms with van der Waals surface area (Å²) < 4.78 is 23.9. The second-order valence-electron chi connectivity index (χ2n) is 7.59. The molecule has 4 rings (SSSR count). The maximum absolute atomic E-state index is 10.5. The zero-order valence-corrected chi connectivity index (χ0v) is 17.4. The predicted molar refractivity (Wildman–Crippen MR) is 117 cm³/mol. The molecule has 0 spiro atoms. The number of aliphatic hydroxyl groups excluding tert-OH is 1. The number of hydrogen-bond donors (Lipinski definition) is 1. The van der Waals surface area contributed by atoms with Gasteiger partial charge in [0, 0.05) is 0 Å². The summed E-state index contributed by atoms with van der Waals surface area (Å²) in [5.41, 5.74) is 3.16. The van der Waals surface area contributed by atoms with Crippen molar-refractivity contribution in [2.75, 3.05) is 6.61 Å². The lowest BCUT2D eigenvalue weighted by molar-refractivity contribution is -0.153. The fraction of sp³-hybridized carbons (Fsp3) is 0.308. The van der Waals surface area contributed by atoms with E-state index in [1.807, 2.05) is 91.0 Å². The molecule has 1 N–H and O–H groups in total. The molecular formula is C26H28O5. The van der Waals surface area contributed by atoms with E-state index in [0.717, 1.165) is 16.7 Å². The van der Waals surface area contributed by atoms with Crippen molar-refractivity contribution in [2.45, 2.75) is 44.4 Å². The third-order valence-corrected chi connectivity index (χ3v) is 5.25. The summed E-state index contributed by atoms with van der Waals surface area (Å²) in [5, 5.41) is 10.5. The normalized spacial score (nSPS) is 23.1. The van der Waals surface area contributed by atoms with Gasteiger partial charge in [-0.05, 0) is 16.7 Å². The van der Waals surface area contributed by atoms with Crippen molar-refractivity contribution >= 4 is 0 Å². The molecule has 0 bridgehead atoms. The molecule has 3 aromatic carbocycles. The molecule has 1 fully saturated rings. The monoisotopic (exact) mass is 420 g/mol. The van der Waals surface area contributed by atoms with E-state index in [1.165, 1.54) is 0 Å². The highest BCUT2D eigenvalue weighted by Crippen LogP contribution is 2.28. The average Bonchev–Trinajstić information content (AvgIpc) is 3.12. The van der Waals surface area contributed by atoms with Crippen LogP contribution in [0, 0.1) is 0 Å². The Kier molecular flexibility index (Phi) is 7.82. The molecule has 1 unspecified atom stereocenters. The largest absolute Gasteiger partial charge is 0.374 e. The highest BCUT2D eigenvalue weighted by molar-refractivity contribution is 5.15. The van der Waals surface area contributed by atoms with Gasteiger partial charge in [-0.2, -0.15) is 0 Å². The van der Waals surface area contributed by atoms with E-state index in [1.54, 1.807) is 0 Å². The van der Waals surface area contributed by atoms with Crippen molar-refractivity contribution in [1.29, 1.82) is 0 Å². The molecular weight excluding hydrogens is 392 g/mol. The van der Waals surface area contributed by atoms with Gasteiger partial charge in [-0.3, -0.25) is 0 Å². The summed E-state index contributed by atoms with van der Waals surface area (Å²) in [6.45, 7) is 1.55. The zero-order chi connectivity index (χ0) is 21.3. The first-order valence-corrected chi connectivity index (χ1v) is 10.6. The van der Waals surface area contributed by atoms with Gasteiger partial charge in [0.15, 0.2) is 6.29 Å². The van der Waals surface area contributed by atoms with Crippen LogP contribution in [0.3, 0.4) is 0 Å². The van der Waals surface area contributed by atoms with Crippen molar-refractivity contribution in [3.05, 3.63) is 108 Å². The van der Waals surface area contributed by atoms with E-state index in [9.17, 15) is 5.11 Å². The minimum Gasteiger partial charge on any atom is -0.374 e. The summed E-state index contributed by atoms with van der Waals surface area (Å²) in [6, 6.07) is 29.8. The van der Waals surface area contributed by atoms with Crippen molar-refractivity contribution in [3.63, 3.8) is 0 Å². The quantitative estimate of drug-likeness (QED) is 0.535. The van der Waals surface area contributed by atoms with E-state index in [4.69, 9.17) is 18.9 Å². The molecule has 0 amide bonds. The Morgan fingerprint density at radius 3 is 1.58 bits per heavy atom. The van der Waals surface area contributed by atoms with E-state index in [-0.39, 0.29) is 0 Å². The Balaban J connectivity index is 1.39. The zero-order valence-electron chi connectivity index (χ0n) is 17.4. The van der Waals surface area contributed by atoms with Gasteiger partial charge in [0.25, 0.3) is 0 Å². The van der Waals surface area contributed by atoms with Crippen molar-refractivity contribution in [3.8, 4) is 0 Å². The third-order valence-electron chi connectivity index (χ3n) is 5.25. The second kappa shape index (κ2) is 11.2. The number of hydrogen-bond acceptors (Lipinski definition) is 5. The summed E-state index contributed by atoms with van der Waals surface area (Å²) >= 11 is 0. The molecule has 4 atom stereocenters. The summed E-state index contributed by atoms with van der Waals surface area (Å²) in [5.74, 6) is 0. The van der Waals surface area contributed by atoms with Gasteiger partial charge >= 0.3 is 0 Å². The molecule has 0 radical (unpaired) electrons. The van der Waals surface area contributed by atoms with E-state index < -0.39 is 24.6 Å². The van der Waals surface area contributed by atoms with Crippen LogP contribution in [0.5, 0.6) is 0 Å². The van der Waals surface area contributed by atoms with Gasteiger partial charge in [-0.25, -0.2) is 0 Å². The Labute approximate surface area is 183 Å². The van der Waals surface area contributed by atoms with Crippen LogP contribution in [0.4, 0.5) is 0 Å². The predicted octanol–water partition coefficient (Wildman–Crippen LogP) is 4.09. The SMILES string of the molecule is OC1O[C@H](COCc2ccccc2)[C@@H](OCc2ccccc2)[C@@H]1OCc1ccccc1. The van der Waals surface area contributed by atoms with Gasteiger partial charge in [-0.1, -0.05) is 91.0 Å². The third kappa shape index (κ3) is 6.23. The molecule has 0 saturated carbocycles. The molecule has 5 nitrogen and oxygen atoms in total. The van der Waals surface area contributed by atoms with Crippen molar-refractivity contribution < 1.29 is 24.1 Å². The van der Waals surface area contributed by atoms with Gasteiger partial charge in [-0.15, -0.1) is 0 Å². The molecule has 1 aliphatic rings. The van der Waals surface area contributed by atoms with E-state index in [2.05, 4.69) is 0 Å². The van der Waals surface area contributed by atoms with Crippen LogP contribution in [0.2, 0.25) is 0 Å². The van der Waals surface area contributed by atoms with Gasteiger partial charge < -0.3 is 24.1 Å². The van der Waals surface area contributed by atoms with Crippen LogP contribution in [-0.4, -0.2) is 36.3 Å². The van der Waals surface area contributed by atoms with Crippen LogP contribution >= 0.6 is 0 Å². The van der Waals surface area contributed by atoms with Gasteiger partial charge in [0.05, 0.1) is 26.4 Å². The molecule has 1 saturated heterocycles. The highest BCUT2D eigenvalue weighted by atomic mass is 16.7. The van der Waals surface area contributed by atoms with Gasteiger partial charge in [0.1, 0.15) is 18.3 Å². The minimum absolute atomic E-state index is 0.302. The molecule has 0 aromatic heterocycles. The molecule has 0 aliphatic carbocycles. The average molecular weight is 421 g/mol. The Morgan fingerprint density at radius 1 is 0.613 bits per heavy atom. The Hall–Kier alpha value is -2.54. The molecule has 1 heterocycles. The fourth-order valence-electron chi connectivity index (χ4n) is 3.62. The van der Waals surface area contributed by atoms with Crippen molar-refractivity contribution in [2.24, 2.45) is 0 Å². The van der Waals surface area contributed by atoms with E-state index >= 15 is 0 Å². The van der Waals surface area contributed by atoms with Gasteiger partial charge in [0.2, 0.25) is 0 Å². The standard InChI is InChI=1S/C26H28O5/c27-26-25(30-18-22-14-8-3-9-15-22)24(29-17-21-12-6-2-7-13-21)23(31-26)19-28-16-20-10-4-1-5-11-20/h1-15,23-27H,16-19H2/t23-,24-,25+,26?/m1/s1. The highest BCUT2D eigenvalue weighted by Gasteiger charge is 2.45. The fourth-order valence-corrected chi connectivity index (χ4v) is 3.62. The second-order valence-corrected chi connectivity index (χ2v) is 7.59. The number of rotatable bonds is 10. The number of aliphatic hydroxyl groups is 1. The molecule has 162 valence electrons. The van der Waals surface area contributed by atoms with Crippen LogP contribution < -0.4 is 0 Å². The van der Waals surface area contributed by atoms with Crippen molar-refractivity contribution in [1.82, 2.24) is 0 Å². The molecule has 3 aromatic rings. The summed E-state index contributed by atoms with van der Waals surface area (Å²) in [4.78, 5) is 0. The maximum atomic E-state index is 10.5. The lowest BCUT2D eigenvalue weighted by Crippen LogP contribution is -2.39. The van der Waals surface area contributed by atoms with Crippen LogP contribution in [0.25, 0.3) is 0 Å². The smallest absolute Gasteiger partial charge is 0.184 e. The van der Waals surface area contributed by atoms with Crippen LogP contribution in [-0.2, 0) is 38.8 Å². The number of benzene rings is 3.